The highest BCUT2D eigenvalue weighted by Crippen LogP contribution is 2.30. The number of benzene rings is 2. The molecular weight excluding hydrogens is 400 g/mol. The van der Waals surface area contributed by atoms with Crippen molar-refractivity contribution in [3.05, 3.63) is 53.1 Å². The Hall–Kier alpha value is -2.09. The summed E-state index contributed by atoms with van der Waals surface area (Å²) in [4.78, 5) is 12.8. The number of sulfonamides is 1. The van der Waals surface area contributed by atoms with E-state index in [9.17, 15) is 13.2 Å². The molecule has 0 saturated carbocycles. The minimum atomic E-state index is -3.52. The van der Waals surface area contributed by atoms with Crippen LogP contribution in [0.4, 0.5) is 5.69 Å². The largest absolute Gasteiger partial charge is 0.492 e. The van der Waals surface area contributed by atoms with E-state index in [1.807, 2.05) is 6.07 Å². The molecule has 1 aliphatic rings. The maximum absolute atomic E-state index is 12.6. The number of carbonyl (C=O) groups excluding carboxylic acids is 1. The molecule has 0 bridgehead atoms. The van der Waals surface area contributed by atoms with Crippen LogP contribution in [0.2, 0.25) is 5.02 Å². The van der Waals surface area contributed by atoms with Gasteiger partial charge in [0.2, 0.25) is 15.9 Å². The number of amides is 1. The lowest BCUT2D eigenvalue weighted by atomic mass is 9.96. The fourth-order valence-corrected chi connectivity index (χ4v) is 4.85. The first-order valence-corrected chi connectivity index (χ1v) is 11.0. The van der Waals surface area contributed by atoms with Crippen molar-refractivity contribution in [2.24, 2.45) is 5.92 Å². The first-order valence-electron chi connectivity index (χ1n) is 9.17. The van der Waals surface area contributed by atoms with Crippen molar-refractivity contribution >= 4 is 33.2 Å². The molecule has 1 atom stereocenters. The Balaban J connectivity index is 1.68. The van der Waals surface area contributed by atoms with Gasteiger partial charge in [0.25, 0.3) is 0 Å². The molecule has 0 saturated heterocycles. The molecule has 1 amide bonds. The monoisotopic (exact) mass is 422 g/mol. The van der Waals surface area contributed by atoms with E-state index in [2.05, 4.69) is 5.32 Å². The van der Waals surface area contributed by atoms with E-state index in [1.165, 1.54) is 16.4 Å². The number of nitrogens with zero attached hydrogens (tertiary/aromatic N) is 1. The first kappa shape index (κ1) is 20.6. The second-order valence-electron chi connectivity index (χ2n) is 6.57. The molecule has 8 heteroatoms. The molecule has 1 heterocycles. The van der Waals surface area contributed by atoms with Gasteiger partial charge in [-0.05, 0) is 54.4 Å². The van der Waals surface area contributed by atoms with Gasteiger partial charge in [0.15, 0.2) is 0 Å². The lowest BCUT2D eigenvalue weighted by Gasteiger charge is -2.24. The molecule has 0 fully saturated rings. The summed E-state index contributed by atoms with van der Waals surface area (Å²) < 4.78 is 32.1. The normalized spacial score (nSPS) is 16.4. The van der Waals surface area contributed by atoms with Crippen molar-refractivity contribution in [3.8, 4) is 5.75 Å². The van der Waals surface area contributed by atoms with E-state index < -0.39 is 10.0 Å². The molecule has 0 spiro atoms. The zero-order valence-corrected chi connectivity index (χ0v) is 17.4. The molecule has 1 N–H and O–H groups in total. The van der Waals surface area contributed by atoms with E-state index in [-0.39, 0.29) is 23.3 Å². The Morgan fingerprint density at radius 3 is 2.50 bits per heavy atom. The van der Waals surface area contributed by atoms with Gasteiger partial charge in [-0.25, -0.2) is 8.42 Å². The van der Waals surface area contributed by atoms with Crippen LogP contribution < -0.4 is 10.1 Å². The highest BCUT2D eigenvalue weighted by molar-refractivity contribution is 7.89. The predicted molar refractivity (Wildman–Crippen MR) is 109 cm³/mol. The van der Waals surface area contributed by atoms with Crippen LogP contribution in [0.1, 0.15) is 19.4 Å². The summed E-state index contributed by atoms with van der Waals surface area (Å²) in [6.07, 6.45) is 0.538. The number of fused-ring (bicyclic) bond motifs is 1. The standard InChI is InChI=1S/C20H23ClN2O4S/c1-3-23(4-2)28(25,26)18-8-6-17(7-9-18)22-20(24)15-11-14-12-16(21)5-10-19(14)27-13-15/h5-10,12,15H,3-4,11,13H2,1-2H3,(H,22,24)/t15-/m0/s1. The van der Waals surface area contributed by atoms with Gasteiger partial charge in [-0.2, -0.15) is 4.31 Å². The summed E-state index contributed by atoms with van der Waals surface area (Å²) in [5, 5.41) is 3.44. The number of rotatable bonds is 6. The first-order chi connectivity index (χ1) is 13.3. The summed E-state index contributed by atoms with van der Waals surface area (Å²) in [7, 11) is -3.52. The van der Waals surface area contributed by atoms with E-state index in [1.54, 1.807) is 38.1 Å². The van der Waals surface area contributed by atoms with Crippen LogP contribution in [0, 0.1) is 5.92 Å². The second-order valence-corrected chi connectivity index (χ2v) is 8.94. The Morgan fingerprint density at radius 2 is 1.86 bits per heavy atom. The lowest BCUT2D eigenvalue weighted by molar-refractivity contribution is -0.121. The van der Waals surface area contributed by atoms with E-state index in [0.717, 1.165) is 11.3 Å². The van der Waals surface area contributed by atoms with Crippen molar-refractivity contribution in [2.75, 3.05) is 25.0 Å². The minimum absolute atomic E-state index is 0.176. The van der Waals surface area contributed by atoms with Gasteiger partial charge >= 0.3 is 0 Å². The number of halogens is 1. The maximum atomic E-state index is 12.6. The second kappa shape index (κ2) is 8.51. The average molecular weight is 423 g/mol. The number of anilines is 1. The molecule has 150 valence electrons. The zero-order valence-electron chi connectivity index (χ0n) is 15.8. The Morgan fingerprint density at radius 1 is 1.18 bits per heavy atom. The molecule has 2 aromatic rings. The van der Waals surface area contributed by atoms with Gasteiger partial charge in [0.05, 0.1) is 10.8 Å². The molecule has 0 aliphatic carbocycles. The molecule has 2 aromatic carbocycles. The summed E-state index contributed by atoms with van der Waals surface area (Å²) in [6, 6.07) is 11.6. The van der Waals surface area contributed by atoms with E-state index in [4.69, 9.17) is 16.3 Å². The number of carbonyl (C=O) groups is 1. The highest BCUT2D eigenvalue weighted by atomic mass is 35.5. The highest BCUT2D eigenvalue weighted by Gasteiger charge is 2.26. The molecule has 0 radical (unpaired) electrons. The average Bonchev–Trinajstić information content (AvgIpc) is 2.68. The zero-order chi connectivity index (χ0) is 20.3. The third kappa shape index (κ3) is 4.32. The SMILES string of the molecule is CCN(CC)S(=O)(=O)c1ccc(NC(=O)[C@@H]2COc3ccc(Cl)cc3C2)cc1. The Kier molecular flexibility index (Phi) is 6.27. The summed E-state index contributed by atoms with van der Waals surface area (Å²) >= 11 is 6.02. The molecule has 1 aliphatic heterocycles. The summed E-state index contributed by atoms with van der Waals surface area (Å²) in [5.41, 5.74) is 1.44. The Labute approximate surface area is 170 Å². The maximum Gasteiger partial charge on any atom is 0.243 e. The molecule has 0 aromatic heterocycles. The molecule has 3 rings (SSSR count). The van der Waals surface area contributed by atoms with Crippen LogP contribution in [0.5, 0.6) is 5.75 Å². The van der Waals surface area contributed by atoms with E-state index >= 15 is 0 Å². The van der Waals surface area contributed by atoms with Crippen molar-refractivity contribution < 1.29 is 17.9 Å². The van der Waals surface area contributed by atoms with Crippen molar-refractivity contribution in [1.29, 1.82) is 0 Å². The topological polar surface area (TPSA) is 75.7 Å². The van der Waals surface area contributed by atoms with Gasteiger partial charge in [0, 0.05) is 23.8 Å². The van der Waals surface area contributed by atoms with Crippen LogP contribution in [0.25, 0.3) is 0 Å². The molecule has 6 nitrogen and oxygen atoms in total. The molecule has 28 heavy (non-hydrogen) atoms. The third-order valence-corrected chi connectivity index (χ3v) is 7.06. The van der Waals surface area contributed by atoms with Gasteiger partial charge in [-0.15, -0.1) is 0 Å². The fraction of sp³-hybridized carbons (Fsp3) is 0.350. The van der Waals surface area contributed by atoms with E-state index in [0.29, 0.717) is 30.2 Å². The van der Waals surface area contributed by atoms with Crippen LogP contribution >= 0.6 is 11.6 Å². The van der Waals surface area contributed by atoms with Crippen molar-refractivity contribution in [1.82, 2.24) is 4.31 Å². The van der Waals surface area contributed by atoms with Gasteiger partial charge in [0.1, 0.15) is 12.4 Å². The molecular formula is C20H23ClN2O4S. The number of ether oxygens (including phenoxy) is 1. The number of hydrogen-bond acceptors (Lipinski definition) is 4. The lowest BCUT2D eigenvalue weighted by Crippen LogP contribution is -2.32. The molecule has 0 unspecified atom stereocenters. The Bertz CT molecular complexity index is 957. The summed E-state index contributed by atoms with van der Waals surface area (Å²) in [6.45, 7) is 4.70. The van der Waals surface area contributed by atoms with Crippen LogP contribution in [-0.4, -0.2) is 38.3 Å². The van der Waals surface area contributed by atoms with Crippen LogP contribution in [0.3, 0.4) is 0 Å². The van der Waals surface area contributed by atoms with Gasteiger partial charge in [-0.3, -0.25) is 4.79 Å². The number of nitrogens with one attached hydrogen (secondary N) is 1. The minimum Gasteiger partial charge on any atom is -0.492 e. The predicted octanol–water partition coefficient (Wildman–Crippen LogP) is 3.56. The van der Waals surface area contributed by atoms with Crippen LogP contribution in [-0.2, 0) is 21.2 Å². The summed E-state index contributed by atoms with van der Waals surface area (Å²) in [5.74, 6) is 0.231. The van der Waals surface area contributed by atoms with Crippen molar-refractivity contribution in [2.45, 2.75) is 25.2 Å². The van der Waals surface area contributed by atoms with Crippen LogP contribution in [0.15, 0.2) is 47.4 Å². The van der Waals surface area contributed by atoms with Gasteiger partial charge < -0.3 is 10.1 Å². The smallest absolute Gasteiger partial charge is 0.243 e. The van der Waals surface area contributed by atoms with Gasteiger partial charge in [-0.1, -0.05) is 25.4 Å². The fourth-order valence-electron chi connectivity index (χ4n) is 3.20. The third-order valence-electron chi connectivity index (χ3n) is 4.76. The quantitative estimate of drug-likeness (QED) is 0.772. The van der Waals surface area contributed by atoms with Crippen molar-refractivity contribution in [3.63, 3.8) is 0 Å². The number of hydrogen-bond donors (Lipinski definition) is 1.